The molecule has 5 heteroatoms. The van der Waals surface area contributed by atoms with Crippen LogP contribution in [0.2, 0.25) is 0 Å². The Kier molecular flexibility index (Phi) is 5.01. The van der Waals surface area contributed by atoms with E-state index >= 15 is 0 Å². The molecule has 1 saturated carbocycles. The van der Waals surface area contributed by atoms with Crippen LogP contribution >= 0.6 is 0 Å². The van der Waals surface area contributed by atoms with E-state index in [0.717, 1.165) is 0 Å². The van der Waals surface area contributed by atoms with Crippen LogP contribution in [0.25, 0.3) is 0 Å². The molecule has 0 heterocycles. The molecular weight excluding hydrogens is 272 g/mol. The van der Waals surface area contributed by atoms with Crippen molar-refractivity contribution in [3.63, 3.8) is 0 Å². The first kappa shape index (κ1) is 18.2. The smallest absolute Gasteiger partial charge is 0.434 e. The molecule has 0 aromatic heterocycles. The Hall–Kier alpha value is -0.810. The number of carbonyl (C=O) groups is 1. The molecule has 0 amide bonds. The number of carbonyl (C=O) groups excluding carboxylic acids is 1. The summed E-state index contributed by atoms with van der Waals surface area (Å²) >= 11 is 0. The Bertz CT molecular complexity index is 376. The number of hydrogen-bond donors (Lipinski definition) is 2. The predicted octanol–water partition coefficient (Wildman–Crippen LogP) is 2.88. The summed E-state index contributed by atoms with van der Waals surface area (Å²) in [6.07, 6.45) is 1.08. The van der Waals surface area contributed by atoms with E-state index in [-0.39, 0.29) is 24.0 Å². The van der Waals surface area contributed by atoms with Crippen molar-refractivity contribution in [3.8, 4) is 0 Å². The zero-order valence-electron chi connectivity index (χ0n) is 14.2. The normalized spacial score (nSPS) is 29.7. The molecule has 0 saturated heterocycles. The van der Waals surface area contributed by atoms with Gasteiger partial charge in [0.05, 0.1) is 5.60 Å². The van der Waals surface area contributed by atoms with Gasteiger partial charge in [0.15, 0.2) is 0 Å². The molecule has 0 aromatic rings. The molecule has 2 N–H and O–H groups in total. The fraction of sp³-hybridized carbons (Fsp3) is 0.938. The maximum atomic E-state index is 11.8. The maximum Gasteiger partial charge on any atom is 0.508 e. The first-order chi connectivity index (χ1) is 9.28. The van der Waals surface area contributed by atoms with Crippen molar-refractivity contribution in [2.75, 3.05) is 13.2 Å². The highest BCUT2D eigenvalue weighted by molar-refractivity contribution is 5.60. The number of hydrogen-bond acceptors (Lipinski definition) is 5. The third kappa shape index (κ3) is 5.83. The summed E-state index contributed by atoms with van der Waals surface area (Å²) in [5, 5.41) is 19.1. The van der Waals surface area contributed by atoms with Crippen LogP contribution in [-0.2, 0) is 9.47 Å². The Morgan fingerprint density at radius 1 is 1.19 bits per heavy atom. The van der Waals surface area contributed by atoms with E-state index in [1.165, 1.54) is 0 Å². The molecule has 0 radical (unpaired) electrons. The molecule has 124 valence electrons. The van der Waals surface area contributed by atoms with E-state index in [9.17, 15) is 15.0 Å². The summed E-state index contributed by atoms with van der Waals surface area (Å²) in [7, 11) is 0. The van der Waals surface area contributed by atoms with Crippen LogP contribution in [0.5, 0.6) is 0 Å². The van der Waals surface area contributed by atoms with Crippen LogP contribution in [0, 0.1) is 10.8 Å². The molecule has 0 unspecified atom stereocenters. The fourth-order valence-corrected chi connectivity index (χ4v) is 3.62. The van der Waals surface area contributed by atoms with Gasteiger partial charge in [0.2, 0.25) is 0 Å². The van der Waals surface area contributed by atoms with Crippen molar-refractivity contribution >= 4 is 6.16 Å². The highest BCUT2D eigenvalue weighted by atomic mass is 16.7. The van der Waals surface area contributed by atoms with Gasteiger partial charge in [0.25, 0.3) is 0 Å². The quantitative estimate of drug-likeness (QED) is 0.738. The van der Waals surface area contributed by atoms with Gasteiger partial charge in [-0.25, -0.2) is 4.79 Å². The first-order valence-electron chi connectivity index (χ1n) is 7.47. The standard InChI is InChI=1S/C16H30O5/c1-13(2,10-17)7-14(3,4)21-12(18)20-11-15(5)8-16(6,19)9-15/h17,19H,7-11H2,1-6H3. The van der Waals surface area contributed by atoms with Crippen molar-refractivity contribution in [1.82, 2.24) is 0 Å². The lowest BCUT2D eigenvalue weighted by Gasteiger charge is -2.49. The lowest BCUT2D eigenvalue weighted by molar-refractivity contribution is -0.135. The molecule has 0 aromatic carbocycles. The van der Waals surface area contributed by atoms with Crippen LogP contribution in [0.4, 0.5) is 4.79 Å². The van der Waals surface area contributed by atoms with E-state index in [1.54, 1.807) is 6.92 Å². The zero-order chi connectivity index (χ0) is 16.5. The molecule has 0 spiro atoms. The van der Waals surface area contributed by atoms with Gasteiger partial charge >= 0.3 is 6.16 Å². The van der Waals surface area contributed by atoms with Gasteiger partial charge < -0.3 is 19.7 Å². The van der Waals surface area contributed by atoms with E-state index in [4.69, 9.17) is 9.47 Å². The SMILES string of the molecule is CC(C)(CO)CC(C)(C)OC(=O)OCC1(C)CC(C)(O)C1. The highest BCUT2D eigenvalue weighted by Crippen LogP contribution is 2.48. The summed E-state index contributed by atoms with van der Waals surface area (Å²) in [6, 6.07) is 0. The second kappa shape index (κ2) is 5.76. The molecule has 1 aliphatic carbocycles. The van der Waals surface area contributed by atoms with E-state index in [2.05, 4.69) is 0 Å². The van der Waals surface area contributed by atoms with E-state index in [1.807, 2.05) is 34.6 Å². The summed E-state index contributed by atoms with van der Waals surface area (Å²) in [6.45, 7) is 11.5. The third-order valence-electron chi connectivity index (χ3n) is 3.85. The number of aliphatic hydroxyl groups is 2. The van der Waals surface area contributed by atoms with Crippen molar-refractivity contribution in [3.05, 3.63) is 0 Å². The van der Waals surface area contributed by atoms with Crippen LogP contribution in [-0.4, -0.2) is 40.8 Å². The average molecular weight is 302 g/mol. The Balaban J connectivity index is 2.40. The van der Waals surface area contributed by atoms with Crippen molar-refractivity contribution in [2.45, 2.75) is 72.0 Å². The lowest BCUT2D eigenvalue weighted by atomic mass is 9.61. The fourth-order valence-electron chi connectivity index (χ4n) is 3.62. The van der Waals surface area contributed by atoms with Gasteiger partial charge in [0, 0.05) is 12.0 Å². The molecular formula is C16H30O5. The molecule has 1 aliphatic rings. The Morgan fingerprint density at radius 2 is 1.71 bits per heavy atom. The molecule has 1 fully saturated rings. The zero-order valence-corrected chi connectivity index (χ0v) is 14.2. The van der Waals surface area contributed by atoms with Gasteiger partial charge in [-0.05, 0) is 45.4 Å². The minimum Gasteiger partial charge on any atom is -0.434 e. The molecule has 0 bridgehead atoms. The van der Waals surface area contributed by atoms with Gasteiger partial charge in [-0.1, -0.05) is 20.8 Å². The number of ether oxygens (including phenoxy) is 2. The van der Waals surface area contributed by atoms with E-state index in [0.29, 0.717) is 19.3 Å². The van der Waals surface area contributed by atoms with Gasteiger partial charge in [-0.15, -0.1) is 0 Å². The lowest BCUT2D eigenvalue weighted by Crippen LogP contribution is -2.50. The van der Waals surface area contributed by atoms with Crippen molar-refractivity contribution in [1.29, 1.82) is 0 Å². The summed E-state index contributed by atoms with van der Waals surface area (Å²) in [5.41, 5.74) is -1.83. The number of aliphatic hydroxyl groups excluding tert-OH is 1. The Labute approximate surface area is 127 Å². The van der Waals surface area contributed by atoms with Gasteiger partial charge in [0.1, 0.15) is 12.2 Å². The average Bonchev–Trinajstić information content (AvgIpc) is 2.21. The third-order valence-corrected chi connectivity index (χ3v) is 3.85. The summed E-state index contributed by atoms with van der Waals surface area (Å²) < 4.78 is 10.5. The number of rotatable bonds is 6. The predicted molar refractivity (Wildman–Crippen MR) is 80.0 cm³/mol. The van der Waals surface area contributed by atoms with E-state index < -0.39 is 17.4 Å². The largest absolute Gasteiger partial charge is 0.508 e. The second-order valence-electron chi connectivity index (χ2n) is 8.56. The summed E-state index contributed by atoms with van der Waals surface area (Å²) in [5.74, 6) is 0. The molecule has 21 heavy (non-hydrogen) atoms. The summed E-state index contributed by atoms with van der Waals surface area (Å²) in [4.78, 5) is 11.8. The van der Waals surface area contributed by atoms with Crippen LogP contribution < -0.4 is 0 Å². The highest BCUT2D eigenvalue weighted by Gasteiger charge is 2.48. The minimum absolute atomic E-state index is 0.0298. The topological polar surface area (TPSA) is 76.0 Å². The monoisotopic (exact) mass is 302 g/mol. The maximum absolute atomic E-state index is 11.8. The molecule has 5 nitrogen and oxygen atoms in total. The van der Waals surface area contributed by atoms with Crippen LogP contribution in [0.3, 0.4) is 0 Å². The molecule has 0 atom stereocenters. The molecule has 0 aliphatic heterocycles. The van der Waals surface area contributed by atoms with Crippen molar-refractivity contribution < 1.29 is 24.5 Å². The van der Waals surface area contributed by atoms with Crippen molar-refractivity contribution in [2.24, 2.45) is 10.8 Å². The Morgan fingerprint density at radius 3 is 2.14 bits per heavy atom. The molecule has 1 rings (SSSR count). The van der Waals surface area contributed by atoms with Gasteiger partial charge in [-0.2, -0.15) is 0 Å². The van der Waals surface area contributed by atoms with Crippen LogP contribution in [0.15, 0.2) is 0 Å². The first-order valence-corrected chi connectivity index (χ1v) is 7.47. The van der Waals surface area contributed by atoms with Gasteiger partial charge in [-0.3, -0.25) is 0 Å². The second-order valence-corrected chi connectivity index (χ2v) is 8.56. The minimum atomic E-state index is -0.699. The van der Waals surface area contributed by atoms with Crippen LogP contribution in [0.1, 0.15) is 60.8 Å².